The Labute approximate surface area is 175 Å². The molecule has 0 aromatic heterocycles. The molecule has 1 aliphatic rings. The maximum absolute atomic E-state index is 12.5. The fourth-order valence-electron chi connectivity index (χ4n) is 3.63. The van der Waals surface area contributed by atoms with Gasteiger partial charge in [-0.05, 0) is 44.0 Å². The van der Waals surface area contributed by atoms with Crippen LogP contribution in [0.2, 0.25) is 0 Å². The van der Waals surface area contributed by atoms with Crippen LogP contribution in [0.3, 0.4) is 0 Å². The lowest BCUT2D eigenvalue weighted by molar-refractivity contribution is -0.136. The van der Waals surface area contributed by atoms with Crippen LogP contribution < -0.4 is 10.1 Å². The maximum Gasteiger partial charge on any atom is 0.336 e. The van der Waals surface area contributed by atoms with Crippen LogP contribution in [0.4, 0.5) is 0 Å². The number of ether oxygens (including phenoxy) is 2. The molecule has 0 amide bonds. The van der Waals surface area contributed by atoms with Crippen LogP contribution in [0.1, 0.15) is 36.5 Å². The number of aliphatic carboxylic acids is 1. The van der Waals surface area contributed by atoms with Crippen molar-refractivity contribution in [2.45, 2.75) is 33.3 Å². The van der Waals surface area contributed by atoms with Gasteiger partial charge in [0.25, 0.3) is 0 Å². The zero-order valence-corrected chi connectivity index (χ0v) is 17.5. The molecule has 1 unspecified atom stereocenters. The summed E-state index contributed by atoms with van der Waals surface area (Å²) < 4.78 is 10.9. The molecular formula is C24H25NO5. The van der Waals surface area contributed by atoms with E-state index in [1.54, 1.807) is 32.0 Å². The first kappa shape index (κ1) is 21.2. The van der Waals surface area contributed by atoms with Crippen molar-refractivity contribution in [3.8, 4) is 5.75 Å². The first-order valence-corrected chi connectivity index (χ1v) is 9.60. The van der Waals surface area contributed by atoms with Gasteiger partial charge in [0.15, 0.2) is 0 Å². The van der Waals surface area contributed by atoms with Gasteiger partial charge in [0.1, 0.15) is 12.4 Å². The standard InChI is InChI=1S/C24H25NO5/c1-14-8-10-17(11-9-14)13-30-19-7-5-6-18(12-19)22-20(23(26)27)15(2)25-16(3)21(22)24(28)29-4/h5-12,22,25H,13H2,1-4H3,(H,26,27). The smallest absolute Gasteiger partial charge is 0.336 e. The minimum atomic E-state index is -1.09. The Kier molecular flexibility index (Phi) is 6.26. The molecule has 6 nitrogen and oxygen atoms in total. The number of aryl methyl sites for hydroxylation is 1. The fraction of sp³-hybridized carbons (Fsp3) is 0.250. The number of rotatable bonds is 6. The molecule has 2 aromatic rings. The van der Waals surface area contributed by atoms with Crippen LogP contribution in [0, 0.1) is 6.92 Å². The predicted molar refractivity (Wildman–Crippen MR) is 113 cm³/mol. The number of nitrogens with one attached hydrogen (secondary N) is 1. The van der Waals surface area contributed by atoms with E-state index in [9.17, 15) is 14.7 Å². The molecule has 2 N–H and O–H groups in total. The summed E-state index contributed by atoms with van der Waals surface area (Å²) in [5.74, 6) is -1.83. The van der Waals surface area contributed by atoms with E-state index in [4.69, 9.17) is 9.47 Å². The summed E-state index contributed by atoms with van der Waals surface area (Å²) in [5, 5.41) is 12.8. The lowest BCUT2D eigenvalue weighted by Gasteiger charge is -2.29. The van der Waals surface area contributed by atoms with E-state index in [1.165, 1.54) is 12.7 Å². The van der Waals surface area contributed by atoms with Crippen LogP contribution in [-0.2, 0) is 20.9 Å². The maximum atomic E-state index is 12.5. The molecule has 3 rings (SSSR count). The van der Waals surface area contributed by atoms with Crippen molar-refractivity contribution in [2.75, 3.05) is 7.11 Å². The summed E-state index contributed by atoms with van der Waals surface area (Å²) in [7, 11) is 1.28. The molecule has 0 radical (unpaired) electrons. The number of carbonyl (C=O) groups excluding carboxylic acids is 1. The van der Waals surface area contributed by atoms with E-state index < -0.39 is 17.9 Å². The first-order valence-electron chi connectivity index (χ1n) is 9.60. The van der Waals surface area contributed by atoms with E-state index in [1.807, 2.05) is 37.3 Å². The predicted octanol–water partition coefficient (Wildman–Crippen LogP) is 4.07. The third kappa shape index (κ3) is 4.38. The SMILES string of the molecule is COC(=O)C1=C(C)NC(C)=C(C(=O)O)C1c1cccc(OCc2ccc(C)cc2)c1. The molecule has 156 valence electrons. The third-order valence-electron chi connectivity index (χ3n) is 5.11. The van der Waals surface area contributed by atoms with Gasteiger partial charge in [0.2, 0.25) is 0 Å². The zero-order chi connectivity index (χ0) is 21.8. The van der Waals surface area contributed by atoms with Gasteiger partial charge < -0.3 is 19.9 Å². The zero-order valence-electron chi connectivity index (χ0n) is 17.5. The van der Waals surface area contributed by atoms with Crippen molar-refractivity contribution in [1.29, 1.82) is 0 Å². The van der Waals surface area contributed by atoms with Crippen molar-refractivity contribution in [1.82, 2.24) is 5.32 Å². The number of hydrogen-bond donors (Lipinski definition) is 2. The Hall–Kier alpha value is -3.54. The van der Waals surface area contributed by atoms with Crippen molar-refractivity contribution < 1.29 is 24.2 Å². The Morgan fingerprint density at radius 3 is 2.30 bits per heavy atom. The number of hydrogen-bond acceptors (Lipinski definition) is 5. The van der Waals surface area contributed by atoms with E-state index in [0.717, 1.165) is 5.56 Å². The van der Waals surface area contributed by atoms with Crippen molar-refractivity contribution in [2.24, 2.45) is 0 Å². The Bertz CT molecular complexity index is 1030. The Morgan fingerprint density at radius 1 is 1.00 bits per heavy atom. The highest BCUT2D eigenvalue weighted by atomic mass is 16.5. The summed E-state index contributed by atoms with van der Waals surface area (Å²) in [6.45, 7) is 5.83. The fourth-order valence-corrected chi connectivity index (χ4v) is 3.63. The molecule has 1 aliphatic heterocycles. The van der Waals surface area contributed by atoms with Crippen LogP contribution in [0.25, 0.3) is 0 Å². The Balaban J connectivity index is 1.97. The summed E-state index contributed by atoms with van der Waals surface area (Å²) in [6, 6.07) is 15.2. The van der Waals surface area contributed by atoms with E-state index in [2.05, 4.69) is 5.32 Å². The van der Waals surface area contributed by atoms with Crippen LogP contribution in [0.5, 0.6) is 5.75 Å². The average molecular weight is 407 g/mol. The topological polar surface area (TPSA) is 84.9 Å². The van der Waals surface area contributed by atoms with Gasteiger partial charge in [-0.15, -0.1) is 0 Å². The minimum Gasteiger partial charge on any atom is -0.489 e. The molecule has 0 fully saturated rings. The molecule has 30 heavy (non-hydrogen) atoms. The molecule has 6 heteroatoms. The third-order valence-corrected chi connectivity index (χ3v) is 5.11. The van der Waals surface area contributed by atoms with Gasteiger partial charge in [-0.1, -0.05) is 42.0 Å². The largest absolute Gasteiger partial charge is 0.489 e. The second-order valence-corrected chi connectivity index (χ2v) is 7.28. The molecule has 1 heterocycles. The highest BCUT2D eigenvalue weighted by Crippen LogP contribution is 2.39. The molecule has 0 aliphatic carbocycles. The first-order chi connectivity index (χ1) is 14.3. The number of esters is 1. The molecule has 0 saturated carbocycles. The molecule has 0 bridgehead atoms. The Morgan fingerprint density at radius 2 is 1.67 bits per heavy atom. The monoisotopic (exact) mass is 407 g/mol. The number of dihydropyridines is 1. The van der Waals surface area contributed by atoms with Gasteiger partial charge in [-0.2, -0.15) is 0 Å². The summed E-state index contributed by atoms with van der Waals surface area (Å²) in [6.07, 6.45) is 0. The minimum absolute atomic E-state index is 0.108. The molecule has 2 aromatic carbocycles. The quantitative estimate of drug-likeness (QED) is 0.703. The van der Waals surface area contributed by atoms with Crippen molar-refractivity contribution in [3.05, 3.63) is 87.8 Å². The summed E-state index contributed by atoms with van der Waals surface area (Å²) in [5.41, 5.74) is 4.29. The summed E-state index contributed by atoms with van der Waals surface area (Å²) in [4.78, 5) is 24.5. The number of benzene rings is 2. The number of carboxylic acid groups (broad SMARTS) is 1. The van der Waals surface area contributed by atoms with Crippen molar-refractivity contribution in [3.63, 3.8) is 0 Å². The summed E-state index contributed by atoms with van der Waals surface area (Å²) >= 11 is 0. The normalized spacial score (nSPS) is 16.2. The van der Waals surface area contributed by atoms with Crippen molar-refractivity contribution >= 4 is 11.9 Å². The number of allylic oxidation sites excluding steroid dienone is 2. The van der Waals surface area contributed by atoms with Gasteiger partial charge >= 0.3 is 11.9 Å². The number of methoxy groups -OCH3 is 1. The molecule has 1 atom stereocenters. The average Bonchev–Trinajstić information content (AvgIpc) is 2.72. The van der Waals surface area contributed by atoms with E-state index in [-0.39, 0.29) is 11.1 Å². The lowest BCUT2D eigenvalue weighted by atomic mass is 9.80. The van der Waals surface area contributed by atoms with E-state index >= 15 is 0 Å². The van der Waals surface area contributed by atoms with Gasteiger partial charge in [-0.25, -0.2) is 9.59 Å². The lowest BCUT2D eigenvalue weighted by Crippen LogP contribution is -2.31. The second-order valence-electron chi connectivity index (χ2n) is 7.28. The highest BCUT2D eigenvalue weighted by molar-refractivity contribution is 5.99. The highest BCUT2D eigenvalue weighted by Gasteiger charge is 2.37. The van der Waals surface area contributed by atoms with Gasteiger partial charge in [0.05, 0.1) is 24.2 Å². The molecular weight excluding hydrogens is 382 g/mol. The number of carboxylic acids is 1. The molecule has 0 spiro atoms. The van der Waals surface area contributed by atoms with Gasteiger partial charge in [0, 0.05) is 11.4 Å². The molecule has 0 saturated heterocycles. The second kappa shape index (κ2) is 8.86. The van der Waals surface area contributed by atoms with E-state index in [0.29, 0.717) is 29.3 Å². The van der Waals surface area contributed by atoms with Crippen LogP contribution in [0.15, 0.2) is 71.1 Å². The van der Waals surface area contributed by atoms with Crippen LogP contribution >= 0.6 is 0 Å². The van der Waals surface area contributed by atoms with Gasteiger partial charge in [-0.3, -0.25) is 0 Å². The number of carbonyl (C=O) groups is 2. The van der Waals surface area contributed by atoms with Crippen LogP contribution in [-0.4, -0.2) is 24.2 Å².